The number of hydrogen-bond acceptors (Lipinski definition) is 3. The van der Waals surface area contributed by atoms with Crippen molar-refractivity contribution in [3.63, 3.8) is 0 Å². The molecule has 10 heavy (non-hydrogen) atoms. The molecule has 0 bridgehead atoms. The van der Waals surface area contributed by atoms with Crippen molar-refractivity contribution in [3.05, 3.63) is 23.8 Å². The lowest BCUT2D eigenvalue weighted by Crippen LogP contribution is -1.94. The van der Waals surface area contributed by atoms with E-state index in [-0.39, 0.29) is 0 Å². The van der Waals surface area contributed by atoms with Gasteiger partial charge in [0.1, 0.15) is 0 Å². The van der Waals surface area contributed by atoms with Crippen LogP contribution in [-0.2, 0) is 0 Å². The molecular weight excluding hydrogens is 126 g/mol. The van der Waals surface area contributed by atoms with Gasteiger partial charge in [-0.1, -0.05) is 6.07 Å². The highest BCUT2D eigenvalue weighted by Crippen LogP contribution is 2.14. The van der Waals surface area contributed by atoms with Gasteiger partial charge in [-0.25, -0.2) is 0 Å². The maximum absolute atomic E-state index is 6.89. The van der Waals surface area contributed by atoms with Gasteiger partial charge >= 0.3 is 0 Å². The second-order valence-corrected chi connectivity index (χ2v) is 2.03. The molecule has 0 aromatic heterocycles. The number of nitrogen functional groups attached to an aromatic ring is 2. The van der Waals surface area contributed by atoms with Crippen LogP contribution < -0.4 is 11.5 Å². The van der Waals surface area contributed by atoms with Crippen molar-refractivity contribution >= 4 is 17.6 Å². The summed E-state index contributed by atoms with van der Waals surface area (Å²) < 4.78 is 0. The molecule has 0 aliphatic carbocycles. The van der Waals surface area contributed by atoms with Crippen molar-refractivity contribution in [2.24, 2.45) is 0 Å². The van der Waals surface area contributed by atoms with Crippen molar-refractivity contribution < 1.29 is 0 Å². The number of hydrogen-bond donors (Lipinski definition) is 3. The maximum Gasteiger partial charge on any atom is 0.0554 e. The Morgan fingerprint density at radius 2 is 1.90 bits per heavy atom. The summed E-state index contributed by atoms with van der Waals surface area (Å²) in [7, 11) is 0. The minimum atomic E-state index is 0.529. The average molecular weight is 135 g/mol. The Labute approximate surface area is 59.2 Å². The van der Waals surface area contributed by atoms with Crippen molar-refractivity contribution in [2.45, 2.75) is 0 Å². The third-order valence-corrected chi connectivity index (χ3v) is 1.28. The van der Waals surface area contributed by atoms with Gasteiger partial charge in [-0.05, 0) is 17.7 Å². The van der Waals surface area contributed by atoms with Crippen molar-refractivity contribution in [1.82, 2.24) is 0 Å². The van der Waals surface area contributed by atoms with E-state index < -0.39 is 0 Å². The molecule has 3 heteroatoms. The molecule has 1 rings (SSSR count). The van der Waals surface area contributed by atoms with Crippen LogP contribution in [0.1, 0.15) is 5.56 Å². The fourth-order valence-corrected chi connectivity index (χ4v) is 0.683. The normalized spacial score (nSPS) is 9.20. The first-order valence-electron chi connectivity index (χ1n) is 2.89. The van der Waals surface area contributed by atoms with E-state index in [0.29, 0.717) is 11.4 Å². The van der Waals surface area contributed by atoms with E-state index in [9.17, 15) is 0 Å². The Morgan fingerprint density at radius 3 is 2.40 bits per heavy atom. The standard InChI is InChI=1S/C7H9N3/c8-4-5-1-2-6(9)7(10)3-5/h1-4,8H,9-10H2. The third-order valence-electron chi connectivity index (χ3n) is 1.28. The van der Waals surface area contributed by atoms with Gasteiger partial charge in [-0.3, -0.25) is 0 Å². The Morgan fingerprint density at radius 1 is 1.20 bits per heavy atom. The van der Waals surface area contributed by atoms with Crippen LogP contribution in [0.5, 0.6) is 0 Å². The quantitative estimate of drug-likeness (QED) is 0.394. The molecule has 1 aromatic carbocycles. The zero-order chi connectivity index (χ0) is 7.56. The smallest absolute Gasteiger partial charge is 0.0554 e. The molecule has 0 atom stereocenters. The molecule has 5 N–H and O–H groups in total. The van der Waals surface area contributed by atoms with E-state index in [1.807, 2.05) is 0 Å². The first kappa shape index (κ1) is 6.61. The predicted molar refractivity (Wildman–Crippen MR) is 43.2 cm³/mol. The minimum absolute atomic E-state index is 0.529. The van der Waals surface area contributed by atoms with Crippen LogP contribution >= 0.6 is 0 Å². The number of nitrogens with one attached hydrogen (secondary N) is 1. The Bertz CT molecular complexity index is 255. The van der Waals surface area contributed by atoms with Gasteiger partial charge < -0.3 is 16.9 Å². The molecule has 1 aromatic rings. The predicted octanol–water partition coefficient (Wildman–Crippen LogP) is 0.849. The second kappa shape index (κ2) is 2.39. The summed E-state index contributed by atoms with van der Waals surface area (Å²) in [5.41, 5.74) is 12.8. The third kappa shape index (κ3) is 1.07. The number of anilines is 2. The van der Waals surface area contributed by atoms with E-state index in [4.69, 9.17) is 16.9 Å². The summed E-state index contributed by atoms with van der Waals surface area (Å²) in [4.78, 5) is 0. The molecule has 52 valence electrons. The van der Waals surface area contributed by atoms with E-state index in [2.05, 4.69) is 0 Å². The SMILES string of the molecule is N=Cc1ccc(N)c(N)c1. The van der Waals surface area contributed by atoms with Crippen molar-refractivity contribution in [1.29, 1.82) is 5.41 Å². The summed E-state index contributed by atoms with van der Waals surface area (Å²) in [6, 6.07) is 5.11. The largest absolute Gasteiger partial charge is 0.397 e. The molecular formula is C7H9N3. The van der Waals surface area contributed by atoms with Gasteiger partial charge in [0.25, 0.3) is 0 Å². The van der Waals surface area contributed by atoms with E-state index >= 15 is 0 Å². The molecule has 0 aliphatic rings. The Kier molecular flexibility index (Phi) is 1.58. The molecule has 0 aliphatic heterocycles. The summed E-state index contributed by atoms with van der Waals surface area (Å²) in [6.45, 7) is 0. The molecule has 3 nitrogen and oxygen atoms in total. The number of nitrogens with two attached hydrogens (primary N) is 2. The van der Waals surface area contributed by atoms with Crippen LogP contribution in [0.4, 0.5) is 11.4 Å². The summed E-state index contributed by atoms with van der Waals surface area (Å²) >= 11 is 0. The van der Waals surface area contributed by atoms with Gasteiger partial charge in [-0.15, -0.1) is 0 Å². The molecule has 0 amide bonds. The summed E-state index contributed by atoms with van der Waals surface area (Å²) in [5, 5.41) is 6.89. The van der Waals surface area contributed by atoms with Gasteiger partial charge in [0.2, 0.25) is 0 Å². The van der Waals surface area contributed by atoms with Crippen molar-refractivity contribution in [3.8, 4) is 0 Å². The van der Waals surface area contributed by atoms with Crippen LogP contribution in [0, 0.1) is 5.41 Å². The zero-order valence-corrected chi connectivity index (χ0v) is 5.46. The van der Waals surface area contributed by atoms with Gasteiger partial charge in [0, 0.05) is 6.21 Å². The first-order chi connectivity index (χ1) is 4.74. The molecule has 0 radical (unpaired) electrons. The lowest BCUT2D eigenvalue weighted by Gasteiger charge is -1.98. The Balaban J connectivity index is 3.16. The topological polar surface area (TPSA) is 75.9 Å². The summed E-state index contributed by atoms with van der Waals surface area (Å²) in [5.74, 6) is 0. The van der Waals surface area contributed by atoms with Crippen LogP contribution in [0.2, 0.25) is 0 Å². The fraction of sp³-hybridized carbons (Fsp3) is 0. The van der Waals surface area contributed by atoms with Crippen LogP contribution in [0.15, 0.2) is 18.2 Å². The van der Waals surface area contributed by atoms with Crippen LogP contribution in [-0.4, -0.2) is 6.21 Å². The van der Waals surface area contributed by atoms with Gasteiger partial charge in [-0.2, -0.15) is 0 Å². The average Bonchev–Trinajstić information content (AvgIpc) is 1.95. The first-order valence-corrected chi connectivity index (χ1v) is 2.89. The van der Waals surface area contributed by atoms with E-state index in [1.54, 1.807) is 18.2 Å². The molecule has 0 saturated carbocycles. The van der Waals surface area contributed by atoms with E-state index in [0.717, 1.165) is 5.56 Å². The maximum atomic E-state index is 6.89. The lowest BCUT2D eigenvalue weighted by atomic mass is 10.2. The molecule has 0 heterocycles. The molecule has 0 spiro atoms. The highest BCUT2D eigenvalue weighted by Gasteiger charge is 1.92. The van der Waals surface area contributed by atoms with Gasteiger partial charge in [0.05, 0.1) is 11.4 Å². The lowest BCUT2D eigenvalue weighted by molar-refractivity contribution is 1.54. The highest BCUT2D eigenvalue weighted by atomic mass is 14.7. The zero-order valence-electron chi connectivity index (χ0n) is 5.46. The highest BCUT2D eigenvalue weighted by molar-refractivity contribution is 5.81. The minimum Gasteiger partial charge on any atom is -0.397 e. The van der Waals surface area contributed by atoms with Crippen LogP contribution in [0.25, 0.3) is 0 Å². The second-order valence-electron chi connectivity index (χ2n) is 2.03. The van der Waals surface area contributed by atoms with Crippen molar-refractivity contribution in [2.75, 3.05) is 11.5 Å². The van der Waals surface area contributed by atoms with E-state index in [1.165, 1.54) is 6.21 Å². The Hall–Kier alpha value is -1.51. The fourth-order valence-electron chi connectivity index (χ4n) is 0.683. The monoisotopic (exact) mass is 135 g/mol. The summed E-state index contributed by atoms with van der Waals surface area (Å²) in [6.07, 6.45) is 1.23. The van der Waals surface area contributed by atoms with Crippen LogP contribution in [0.3, 0.4) is 0 Å². The van der Waals surface area contributed by atoms with Gasteiger partial charge in [0.15, 0.2) is 0 Å². The number of rotatable bonds is 1. The molecule has 0 unspecified atom stereocenters. The molecule has 0 fully saturated rings. The number of benzene rings is 1. The molecule has 0 saturated heterocycles.